The number of nitrogens with one attached hydrogen (secondary N) is 1. The Morgan fingerprint density at radius 1 is 1.06 bits per heavy atom. The second-order valence-electron chi connectivity index (χ2n) is 8.68. The van der Waals surface area contributed by atoms with Gasteiger partial charge in [0.15, 0.2) is 5.65 Å². The van der Waals surface area contributed by atoms with Crippen molar-refractivity contribution < 1.29 is 22.4 Å². The van der Waals surface area contributed by atoms with E-state index in [-0.39, 0.29) is 23.3 Å². The van der Waals surface area contributed by atoms with Crippen LogP contribution in [0.3, 0.4) is 0 Å². The Kier molecular flexibility index (Phi) is 5.02. The largest absolute Gasteiger partial charge is 0.417 e. The summed E-state index contributed by atoms with van der Waals surface area (Å²) in [5.74, 6) is -0.0813. The monoisotopic (exact) mass is 494 g/mol. The highest BCUT2D eigenvalue weighted by molar-refractivity contribution is 6.06. The maximum Gasteiger partial charge on any atom is 0.417 e. The number of benzene rings is 1. The van der Waals surface area contributed by atoms with Gasteiger partial charge in [-0.05, 0) is 42.3 Å². The second kappa shape index (κ2) is 8.14. The molecule has 0 saturated carbocycles. The fourth-order valence-electron chi connectivity index (χ4n) is 4.61. The van der Waals surface area contributed by atoms with Gasteiger partial charge in [-0.15, -0.1) is 0 Å². The van der Waals surface area contributed by atoms with Crippen molar-refractivity contribution in [1.82, 2.24) is 24.1 Å². The van der Waals surface area contributed by atoms with Crippen LogP contribution in [-0.2, 0) is 25.7 Å². The third-order valence-electron chi connectivity index (χ3n) is 6.23. The Morgan fingerprint density at radius 2 is 1.89 bits per heavy atom. The van der Waals surface area contributed by atoms with E-state index >= 15 is 0 Å². The van der Waals surface area contributed by atoms with Crippen molar-refractivity contribution in [3.8, 4) is 0 Å². The normalized spacial score (nSPS) is 13.4. The number of aromatic nitrogens is 5. The van der Waals surface area contributed by atoms with Crippen molar-refractivity contribution in [3.63, 3.8) is 0 Å². The predicted molar refractivity (Wildman–Crippen MR) is 124 cm³/mol. The van der Waals surface area contributed by atoms with Gasteiger partial charge in [0, 0.05) is 31.1 Å². The van der Waals surface area contributed by atoms with Crippen LogP contribution in [0, 0.1) is 5.82 Å². The van der Waals surface area contributed by atoms with E-state index in [0.717, 1.165) is 43.1 Å². The molecule has 1 amide bonds. The second-order valence-corrected chi connectivity index (χ2v) is 8.68. The highest BCUT2D eigenvalue weighted by atomic mass is 19.4. The topological polar surface area (TPSA) is 77.6 Å². The van der Waals surface area contributed by atoms with Gasteiger partial charge >= 0.3 is 6.18 Å². The van der Waals surface area contributed by atoms with Gasteiger partial charge in [0.2, 0.25) is 0 Å². The van der Waals surface area contributed by atoms with Crippen molar-refractivity contribution in [1.29, 1.82) is 0 Å². The number of alkyl halides is 3. The third kappa shape index (κ3) is 3.86. The summed E-state index contributed by atoms with van der Waals surface area (Å²) in [6, 6.07) is 9.78. The average Bonchev–Trinajstić information content (AvgIpc) is 3.51. The van der Waals surface area contributed by atoms with Gasteiger partial charge in [-0.25, -0.2) is 19.3 Å². The maximum absolute atomic E-state index is 13.8. The number of fused-ring (bicyclic) bond motifs is 4. The van der Waals surface area contributed by atoms with Crippen LogP contribution in [0.1, 0.15) is 33.9 Å². The number of rotatable bonds is 4. The first-order chi connectivity index (χ1) is 17.3. The van der Waals surface area contributed by atoms with Crippen LogP contribution in [0.15, 0.2) is 54.9 Å². The van der Waals surface area contributed by atoms with Crippen LogP contribution in [0.25, 0.3) is 22.2 Å². The Morgan fingerprint density at radius 3 is 2.69 bits per heavy atom. The highest BCUT2D eigenvalue weighted by Gasteiger charge is 2.32. The van der Waals surface area contributed by atoms with Gasteiger partial charge in [-0.3, -0.25) is 4.79 Å². The average molecular weight is 494 g/mol. The van der Waals surface area contributed by atoms with Crippen LogP contribution in [0.2, 0.25) is 0 Å². The number of anilines is 1. The molecule has 5 heterocycles. The van der Waals surface area contributed by atoms with E-state index in [4.69, 9.17) is 0 Å². The van der Waals surface area contributed by atoms with E-state index in [0.29, 0.717) is 16.8 Å². The zero-order chi connectivity index (χ0) is 25.0. The smallest absolute Gasteiger partial charge is 0.319 e. The summed E-state index contributed by atoms with van der Waals surface area (Å²) in [4.78, 5) is 26.3. The summed E-state index contributed by atoms with van der Waals surface area (Å²) in [6.07, 6.45) is -0.460. The quantitative estimate of drug-likeness (QED) is 0.349. The Labute approximate surface area is 201 Å². The Bertz CT molecular complexity index is 1650. The molecule has 0 bridgehead atoms. The van der Waals surface area contributed by atoms with Gasteiger partial charge in [0.1, 0.15) is 28.5 Å². The van der Waals surface area contributed by atoms with E-state index < -0.39 is 23.5 Å². The van der Waals surface area contributed by atoms with Crippen molar-refractivity contribution in [3.05, 3.63) is 83.3 Å². The SMILES string of the molecule is O=C(Nc1cnc2c(c1)nc1n2CCC1)c1cc2cc(C(F)(F)F)cnc2n1Cc1cccc(F)c1. The number of halogens is 4. The van der Waals surface area contributed by atoms with Gasteiger partial charge in [0.05, 0.1) is 17.4 Å². The van der Waals surface area contributed by atoms with Crippen LogP contribution in [-0.4, -0.2) is 30.0 Å². The number of imidazole rings is 1. The molecule has 0 saturated heterocycles. The number of hydrogen-bond donors (Lipinski definition) is 1. The summed E-state index contributed by atoms with van der Waals surface area (Å²) in [6.45, 7) is 0.880. The molecule has 4 aromatic heterocycles. The fraction of sp³-hybridized carbons (Fsp3) is 0.200. The van der Waals surface area contributed by atoms with Crippen LogP contribution in [0.5, 0.6) is 0 Å². The van der Waals surface area contributed by atoms with E-state index in [1.165, 1.54) is 35.0 Å². The predicted octanol–water partition coefficient (Wildman–Crippen LogP) is 5.19. The minimum absolute atomic E-state index is 0.0351. The molecule has 7 nitrogen and oxygen atoms in total. The zero-order valence-corrected chi connectivity index (χ0v) is 18.7. The van der Waals surface area contributed by atoms with E-state index in [1.807, 2.05) is 4.57 Å². The number of nitrogens with zero attached hydrogens (tertiary/aromatic N) is 5. The minimum atomic E-state index is -4.58. The molecule has 0 spiro atoms. The molecule has 1 N–H and O–H groups in total. The lowest BCUT2D eigenvalue weighted by molar-refractivity contribution is -0.137. The summed E-state index contributed by atoms with van der Waals surface area (Å²) < 4.78 is 57.1. The van der Waals surface area contributed by atoms with Crippen molar-refractivity contribution in [2.24, 2.45) is 0 Å². The Hall–Kier alpha value is -4.28. The first kappa shape index (κ1) is 22.2. The van der Waals surface area contributed by atoms with E-state index in [9.17, 15) is 22.4 Å². The fourth-order valence-corrected chi connectivity index (χ4v) is 4.61. The van der Waals surface area contributed by atoms with Gasteiger partial charge in [-0.2, -0.15) is 13.2 Å². The molecule has 36 heavy (non-hydrogen) atoms. The molecule has 5 aromatic rings. The maximum atomic E-state index is 13.8. The molecule has 182 valence electrons. The molecule has 0 radical (unpaired) electrons. The summed E-state index contributed by atoms with van der Waals surface area (Å²) in [5.41, 5.74) is 1.65. The molecule has 0 aliphatic carbocycles. The molecule has 6 rings (SSSR count). The summed E-state index contributed by atoms with van der Waals surface area (Å²) >= 11 is 0. The molecule has 1 aliphatic heterocycles. The summed E-state index contributed by atoms with van der Waals surface area (Å²) in [7, 11) is 0. The van der Waals surface area contributed by atoms with Gasteiger partial charge in [0.25, 0.3) is 5.91 Å². The molecule has 11 heteroatoms. The number of amides is 1. The standard InChI is InChI=1S/C25H18F4N6O/c26-17-4-1-3-14(7-17)13-35-20(9-15-8-16(25(27,28)29)11-30-22(15)35)24(36)32-18-10-19-23(31-12-18)34-6-2-5-21(34)33-19/h1,3-4,7-12H,2,5-6,13H2,(H,32,36). The number of aryl methyl sites for hydroxylation is 2. The molecule has 1 aromatic carbocycles. The molecule has 1 aliphatic rings. The molecule has 0 atom stereocenters. The van der Waals surface area contributed by atoms with Crippen molar-refractivity contribution in [2.75, 3.05) is 5.32 Å². The first-order valence-electron chi connectivity index (χ1n) is 11.2. The van der Waals surface area contributed by atoms with E-state index in [1.54, 1.807) is 12.1 Å². The molecular formula is C25H18F4N6O. The molecular weight excluding hydrogens is 476 g/mol. The third-order valence-corrected chi connectivity index (χ3v) is 6.23. The van der Waals surface area contributed by atoms with Crippen molar-refractivity contribution in [2.45, 2.75) is 32.1 Å². The molecule has 0 unspecified atom stereocenters. The number of carbonyl (C=O) groups excluding carboxylic acids is 1. The highest BCUT2D eigenvalue weighted by Crippen LogP contribution is 2.32. The lowest BCUT2D eigenvalue weighted by atomic mass is 10.2. The van der Waals surface area contributed by atoms with E-state index in [2.05, 4.69) is 20.3 Å². The lowest BCUT2D eigenvalue weighted by Crippen LogP contribution is -2.18. The van der Waals surface area contributed by atoms with Gasteiger partial charge in [-0.1, -0.05) is 12.1 Å². The Balaban J connectivity index is 1.39. The van der Waals surface area contributed by atoms with Crippen LogP contribution in [0.4, 0.5) is 23.2 Å². The number of hydrogen-bond acceptors (Lipinski definition) is 4. The minimum Gasteiger partial charge on any atom is -0.319 e. The van der Waals surface area contributed by atoms with Crippen LogP contribution >= 0.6 is 0 Å². The number of pyridine rings is 2. The number of carbonyl (C=O) groups is 1. The lowest BCUT2D eigenvalue weighted by Gasteiger charge is -2.12. The first-order valence-corrected chi connectivity index (χ1v) is 11.2. The van der Waals surface area contributed by atoms with Gasteiger partial charge < -0.3 is 14.5 Å². The zero-order valence-electron chi connectivity index (χ0n) is 18.7. The van der Waals surface area contributed by atoms with Crippen molar-refractivity contribution >= 4 is 33.8 Å². The summed E-state index contributed by atoms with van der Waals surface area (Å²) in [5, 5.41) is 2.91. The van der Waals surface area contributed by atoms with Crippen LogP contribution < -0.4 is 5.32 Å². The molecule has 0 fully saturated rings.